The summed E-state index contributed by atoms with van der Waals surface area (Å²) in [5, 5.41) is 0.383. The minimum atomic E-state index is -0.464. The number of hydrogen-bond donors (Lipinski definition) is 1. The lowest BCUT2D eigenvalue weighted by Gasteiger charge is -2.15. The number of benzene rings is 2. The fourth-order valence-corrected chi connectivity index (χ4v) is 2.32. The van der Waals surface area contributed by atoms with E-state index in [9.17, 15) is 4.39 Å². The zero-order valence-electron chi connectivity index (χ0n) is 10.9. The van der Waals surface area contributed by atoms with Gasteiger partial charge in [-0.25, -0.2) is 4.39 Å². The number of rotatable bonds is 4. The van der Waals surface area contributed by atoms with Crippen LogP contribution in [0.3, 0.4) is 0 Å². The van der Waals surface area contributed by atoms with Crippen molar-refractivity contribution in [1.82, 2.24) is 0 Å². The first-order chi connectivity index (χ1) is 9.11. The van der Waals surface area contributed by atoms with Gasteiger partial charge in [0.05, 0.1) is 6.04 Å². The van der Waals surface area contributed by atoms with Gasteiger partial charge in [0.25, 0.3) is 0 Å². The second-order valence-electron chi connectivity index (χ2n) is 4.64. The van der Waals surface area contributed by atoms with Crippen LogP contribution >= 0.6 is 11.6 Å². The van der Waals surface area contributed by atoms with Crippen LogP contribution < -0.4 is 5.73 Å². The van der Waals surface area contributed by atoms with Gasteiger partial charge >= 0.3 is 0 Å². The van der Waals surface area contributed by atoms with Gasteiger partial charge < -0.3 is 5.73 Å². The summed E-state index contributed by atoms with van der Waals surface area (Å²) in [5.74, 6) is -0.360. The Hall–Kier alpha value is -1.38. The molecule has 0 heterocycles. The fourth-order valence-electron chi connectivity index (χ4n) is 2.16. The topological polar surface area (TPSA) is 26.0 Å². The van der Waals surface area contributed by atoms with Crippen LogP contribution in [0.25, 0.3) is 0 Å². The molecule has 0 aliphatic carbocycles. The van der Waals surface area contributed by atoms with Gasteiger partial charge in [-0.1, -0.05) is 55.3 Å². The predicted octanol–water partition coefficient (Wildman–Crippen LogP) is 4.48. The smallest absolute Gasteiger partial charge is 0.129 e. The molecule has 2 N–H and O–H groups in total. The molecule has 1 atom stereocenters. The fraction of sp³-hybridized carbons (Fsp3) is 0.250. The minimum Gasteiger partial charge on any atom is -0.320 e. The van der Waals surface area contributed by atoms with Crippen LogP contribution in [0.4, 0.5) is 4.39 Å². The summed E-state index contributed by atoms with van der Waals surface area (Å²) in [4.78, 5) is 0. The quantitative estimate of drug-likeness (QED) is 0.876. The van der Waals surface area contributed by atoms with Crippen molar-refractivity contribution in [3.63, 3.8) is 0 Å². The van der Waals surface area contributed by atoms with E-state index in [1.54, 1.807) is 12.1 Å². The standard InChI is InChI=1S/C16H17ClFN/c1-2-4-11-5-3-6-12(9-11)16(19)14-8-7-13(17)10-15(14)18/h3,5-10,16H,2,4,19H2,1H3. The van der Waals surface area contributed by atoms with Crippen molar-refractivity contribution < 1.29 is 4.39 Å². The molecular formula is C16H17ClFN. The first-order valence-corrected chi connectivity index (χ1v) is 6.79. The maximum Gasteiger partial charge on any atom is 0.129 e. The maximum atomic E-state index is 13.9. The van der Waals surface area contributed by atoms with E-state index in [0.29, 0.717) is 10.6 Å². The van der Waals surface area contributed by atoms with Crippen molar-refractivity contribution in [3.05, 3.63) is 70.0 Å². The molecule has 3 heteroatoms. The lowest BCUT2D eigenvalue weighted by Crippen LogP contribution is -2.13. The highest BCUT2D eigenvalue weighted by molar-refractivity contribution is 6.30. The van der Waals surface area contributed by atoms with Crippen molar-refractivity contribution in [2.75, 3.05) is 0 Å². The summed E-state index contributed by atoms with van der Waals surface area (Å²) < 4.78 is 13.9. The van der Waals surface area contributed by atoms with Crippen LogP contribution in [-0.4, -0.2) is 0 Å². The summed E-state index contributed by atoms with van der Waals surface area (Å²) in [6, 6.07) is 12.2. The van der Waals surface area contributed by atoms with E-state index in [0.717, 1.165) is 18.4 Å². The second kappa shape index (κ2) is 6.18. The average Bonchev–Trinajstić information content (AvgIpc) is 2.39. The third kappa shape index (κ3) is 3.34. The van der Waals surface area contributed by atoms with Gasteiger partial charge in [0.2, 0.25) is 0 Å². The predicted molar refractivity (Wildman–Crippen MR) is 77.9 cm³/mol. The van der Waals surface area contributed by atoms with Crippen molar-refractivity contribution in [2.24, 2.45) is 5.73 Å². The Morgan fingerprint density at radius 2 is 2.00 bits per heavy atom. The van der Waals surface area contributed by atoms with E-state index in [1.165, 1.54) is 11.6 Å². The molecule has 0 saturated heterocycles. The SMILES string of the molecule is CCCc1cccc(C(N)c2ccc(Cl)cc2F)c1. The van der Waals surface area contributed by atoms with Crippen LogP contribution in [0.1, 0.15) is 36.1 Å². The molecule has 0 aromatic heterocycles. The summed E-state index contributed by atoms with van der Waals surface area (Å²) in [7, 11) is 0. The number of halogens is 2. The zero-order valence-corrected chi connectivity index (χ0v) is 11.6. The van der Waals surface area contributed by atoms with E-state index in [1.807, 2.05) is 18.2 Å². The molecule has 0 spiro atoms. The molecule has 0 saturated carbocycles. The number of hydrogen-bond acceptors (Lipinski definition) is 1. The van der Waals surface area contributed by atoms with Gasteiger partial charge in [0.1, 0.15) is 5.82 Å². The van der Waals surface area contributed by atoms with Crippen molar-refractivity contribution in [3.8, 4) is 0 Å². The van der Waals surface area contributed by atoms with E-state index in [4.69, 9.17) is 17.3 Å². The Kier molecular flexibility index (Phi) is 4.56. The molecule has 0 fully saturated rings. The van der Waals surface area contributed by atoms with Gasteiger partial charge in [-0.2, -0.15) is 0 Å². The monoisotopic (exact) mass is 277 g/mol. The Balaban J connectivity index is 2.32. The third-order valence-electron chi connectivity index (χ3n) is 3.15. The zero-order chi connectivity index (χ0) is 13.8. The molecule has 2 aromatic carbocycles. The lowest BCUT2D eigenvalue weighted by atomic mass is 9.96. The molecule has 2 aromatic rings. The highest BCUT2D eigenvalue weighted by Gasteiger charge is 2.14. The molecule has 100 valence electrons. The average molecular weight is 278 g/mol. The lowest BCUT2D eigenvalue weighted by molar-refractivity contribution is 0.599. The Morgan fingerprint density at radius 3 is 2.68 bits per heavy atom. The van der Waals surface area contributed by atoms with E-state index >= 15 is 0 Å². The van der Waals surface area contributed by atoms with Crippen LogP contribution in [0.2, 0.25) is 5.02 Å². The van der Waals surface area contributed by atoms with E-state index in [-0.39, 0.29) is 5.82 Å². The minimum absolute atomic E-state index is 0.360. The number of aryl methyl sites for hydroxylation is 1. The summed E-state index contributed by atoms with van der Waals surface area (Å²) in [6.45, 7) is 2.13. The first kappa shape index (κ1) is 14.0. The van der Waals surface area contributed by atoms with Crippen LogP contribution in [0.5, 0.6) is 0 Å². The summed E-state index contributed by atoms with van der Waals surface area (Å²) in [6.07, 6.45) is 2.08. The molecule has 0 amide bonds. The Morgan fingerprint density at radius 1 is 1.21 bits per heavy atom. The maximum absolute atomic E-state index is 13.9. The van der Waals surface area contributed by atoms with Crippen molar-refractivity contribution >= 4 is 11.6 Å². The highest BCUT2D eigenvalue weighted by atomic mass is 35.5. The molecule has 1 nitrogen and oxygen atoms in total. The molecule has 0 radical (unpaired) electrons. The molecule has 2 rings (SSSR count). The van der Waals surface area contributed by atoms with Gasteiger partial charge in [-0.05, 0) is 29.7 Å². The van der Waals surface area contributed by atoms with Crippen molar-refractivity contribution in [1.29, 1.82) is 0 Å². The van der Waals surface area contributed by atoms with E-state index < -0.39 is 6.04 Å². The molecule has 19 heavy (non-hydrogen) atoms. The Labute approximate surface area is 118 Å². The highest BCUT2D eigenvalue weighted by Crippen LogP contribution is 2.25. The van der Waals surface area contributed by atoms with Gasteiger partial charge in [-0.15, -0.1) is 0 Å². The molecule has 1 unspecified atom stereocenters. The van der Waals surface area contributed by atoms with Crippen molar-refractivity contribution in [2.45, 2.75) is 25.8 Å². The summed E-state index contributed by atoms with van der Waals surface area (Å²) in [5.41, 5.74) is 8.77. The largest absolute Gasteiger partial charge is 0.320 e. The van der Waals surface area contributed by atoms with Crippen LogP contribution in [0.15, 0.2) is 42.5 Å². The molecule has 0 bridgehead atoms. The number of nitrogens with two attached hydrogens (primary N) is 1. The van der Waals surface area contributed by atoms with Gasteiger partial charge in [0, 0.05) is 10.6 Å². The normalized spacial score (nSPS) is 12.4. The van der Waals surface area contributed by atoms with Gasteiger partial charge in [-0.3, -0.25) is 0 Å². The molecular weight excluding hydrogens is 261 g/mol. The molecule has 0 aliphatic rings. The van der Waals surface area contributed by atoms with Gasteiger partial charge in [0.15, 0.2) is 0 Å². The third-order valence-corrected chi connectivity index (χ3v) is 3.38. The van der Waals surface area contributed by atoms with Crippen LogP contribution in [0, 0.1) is 5.82 Å². The second-order valence-corrected chi connectivity index (χ2v) is 5.07. The Bertz CT molecular complexity index is 568. The van der Waals surface area contributed by atoms with Crippen LogP contribution in [-0.2, 0) is 6.42 Å². The first-order valence-electron chi connectivity index (χ1n) is 6.41. The summed E-state index contributed by atoms with van der Waals surface area (Å²) >= 11 is 5.75. The van der Waals surface area contributed by atoms with E-state index in [2.05, 4.69) is 13.0 Å². The molecule has 0 aliphatic heterocycles.